The van der Waals surface area contributed by atoms with E-state index in [0.29, 0.717) is 19.8 Å². The van der Waals surface area contributed by atoms with Crippen LogP contribution in [0.3, 0.4) is 0 Å². The average molecular weight is 420 g/mol. The first-order chi connectivity index (χ1) is 15.3. The van der Waals surface area contributed by atoms with Gasteiger partial charge in [0.1, 0.15) is 5.65 Å². The van der Waals surface area contributed by atoms with Gasteiger partial charge in [0, 0.05) is 57.6 Å². The molecule has 162 valence electrons. The smallest absolute Gasteiger partial charge is 0.236 e. The maximum absolute atomic E-state index is 12.6. The Morgan fingerprint density at radius 1 is 0.871 bits per heavy atom. The van der Waals surface area contributed by atoms with Crippen LogP contribution in [0.5, 0.6) is 0 Å². The zero-order valence-electron chi connectivity index (χ0n) is 17.8. The molecule has 2 fully saturated rings. The number of hydrogen-bond acceptors (Lipinski definition) is 5. The van der Waals surface area contributed by atoms with Crippen LogP contribution in [0.4, 0.5) is 0 Å². The second-order valence-electron chi connectivity index (χ2n) is 8.25. The van der Waals surface area contributed by atoms with Gasteiger partial charge in [-0.25, -0.2) is 4.98 Å². The van der Waals surface area contributed by atoms with Gasteiger partial charge in [-0.3, -0.25) is 14.6 Å². The summed E-state index contributed by atoms with van der Waals surface area (Å²) in [7, 11) is 0. The number of aromatic nitrogens is 2. The quantitative estimate of drug-likeness (QED) is 0.633. The van der Waals surface area contributed by atoms with Crippen LogP contribution in [0.25, 0.3) is 16.9 Å². The number of pyridine rings is 1. The molecule has 31 heavy (non-hydrogen) atoms. The van der Waals surface area contributed by atoms with E-state index in [1.165, 1.54) is 5.69 Å². The van der Waals surface area contributed by atoms with Crippen LogP contribution < -0.4 is 0 Å². The Hall–Kier alpha value is -2.74. The summed E-state index contributed by atoms with van der Waals surface area (Å²) in [4.78, 5) is 24.2. The highest BCUT2D eigenvalue weighted by Crippen LogP contribution is 2.26. The fourth-order valence-electron chi connectivity index (χ4n) is 4.45. The van der Waals surface area contributed by atoms with Crippen LogP contribution >= 0.6 is 0 Å². The molecule has 0 bridgehead atoms. The number of rotatable bonds is 5. The highest BCUT2D eigenvalue weighted by atomic mass is 16.5. The molecule has 3 aromatic rings. The lowest BCUT2D eigenvalue weighted by Gasteiger charge is -2.36. The SMILES string of the molecule is O=C(CN1CCN(Cc2c(-c3ccccc3)nc3ccccn23)CC1)N1CCOCC1. The van der Waals surface area contributed by atoms with E-state index in [-0.39, 0.29) is 5.91 Å². The molecule has 0 aliphatic carbocycles. The van der Waals surface area contributed by atoms with Crippen molar-refractivity contribution in [3.8, 4) is 11.3 Å². The van der Waals surface area contributed by atoms with Crippen LogP contribution in [0.15, 0.2) is 54.7 Å². The maximum atomic E-state index is 12.6. The standard InChI is InChI=1S/C24H29N5O2/c30-23(28-14-16-31-17-15-28)19-27-12-10-26(11-13-27)18-21-24(20-6-2-1-3-7-20)25-22-8-4-5-9-29(21)22/h1-9H,10-19H2. The van der Waals surface area contributed by atoms with Gasteiger partial charge in [-0.1, -0.05) is 36.4 Å². The number of imidazole rings is 1. The van der Waals surface area contributed by atoms with Crippen molar-refractivity contribution >= 4 is 11.6 Å². The molecule has 0 spiro atoms. The first kappa shape index (κ1) is 20.2. The van der Waals surface area contributed by atoms with Gasteiger partial charge in [0.2, 0.25) is 5.91 Å². The summed E-state index contributed by atoms with van der Waals surface area (Å²) in [6, 6.07) is 16.6. The van der Waals surface area contributed by atoms with E-state index < -0.39 is 0 Å². The molecule has 1 aromatic carbocycles. The van der Waals surface area contributed by atoms with Crippen molar-refractivity contribution in [3.05, 3.63) is 60.4 Å². The second kappa shape index (κ2) is 9.18. The van der Waals surface area contributed by atoms with Crippen molar-refractivity contribution < 1.29 is 9.53 Å². The van der Waals surface area contributed by atoms with Crippen molar-refractivity contribution in [1.29, 1.82) is 0 Å². The minimum atomic E-state index is 0.227. The third-order valence-electron chi connectivity index (χ3n) is 6.24. The number of hydrogen-bond donors (Lipinski definition) is 0. The van der Waals surface area contributed by atoms with E-state index in [1.807, 2.05) is 17.0 Å². The summed E-state index contributed by atoms with van der Waals surface area (Å²) in [5.41, 5.74) is 4.40. The topological polar surface area (TPSA) is 53.3 Å². The number of morpholine rings is 1. The molecule has 0 saturated carbocycles. The van der Waals surface area contributed by atoms with Crippen molar-refractivity contribution in [3.63, 3.8) is 0 Å². The summed E-state index contributed by atoms with van der Waals surface area (Å²) in [6.07, 6.45) is 2.10. The molecule has 1 amide bonds. The zero-order chi connectivity index (χ0) is 21.0. The number of carbonyl (C=O) groups is 1. The summed E-state index contributed by atoms with van der Waals surface area (Å²) < 4.78 is 7.56. The molecule has 2 aliphatic heterocycles. The highest BCUT2D eigenvalue weighted by molar-refractivity contribution is 5.78. The predicted molar refractivity (Wildman–Crippen MR) is 120 cm³/mol. The summed E-state index contributed by atoms with van der Waals surface area (Å²) >= 11 is 0. The number of piperazine rings is 1. The van der Waals surface area contributed by atoms with E-state index in [4.69, 9.17) is 9.72 Å². The monoisotopic (exact) mass is 419 g/mol. The van der Waals surface area contributed by atoms with Crippen LogP contribution in [0.1, 0.15) is 5.69 Å². The Morgan fingerprint density at radius 3 is 2.35 bits per heavy atom. The lowest BCUT2D eigenvalue weighted by molar-refractivity contribution is -0.136. The normalized spacial score (nSPS) is 18.5. The number of amides is 1. The van der Waals surface area contributed by atoms with Crippen molar-refractivity contribution in [2.24, 2.45) is 0 Å². The second-order valence-corrected chi connectivity index (χ2v) is 8.25. The van der Waals surface area contributed by atoms with Gasteiger partial charge in [0.15, 0.2) is 0 Å². The lowest BCUT2D eigenvalue weighted by Crippen LogP contribution is -2.51. The van der Waals surface area contributed by atoms with E-state index in [9.17, 15) is 4.79 Å². The van der Waals surface area contributed by atoms with E-state index >= 15 is 0 Å². The average Bonchev–Trinajstić information content (AvgIpc) is 3.20. The lowest BCUT2D eigenvalue weighted by atomic mass is 10.1. The number of carbonyl (C=O) groups excluding carboxylic acids is 1. The number of ether oxygens (including phenoxy) is 1. The van der Waals surface area contributed by atoms with Crippen molar-refractivity contribution in [2.75, 3.05) is 59.0 Å². The Balaban J connectivity index is 1.26. The molecule has 2 saturated heterocycles. The Labute approximate surface area is 182 Å². The van der Waals surface area contributed by atoms with Crippen molar-refractivity contribution in [1.82, 2.24) is 24.1 Å². The molecular formula is C24H29N5O2. The Morgan fingerprint density at radius 2 is 1.58 bits per heavy atom. The van der Waals surface area contributed by atoms with E-state index in [1.54, 1.807) is 0 Å². The van der Waals surface area contributed by atoms with E-state index in [2.05, 4.69) is 56.8 Å². The fourth-order valence-corrected chi connectivity index (χ4v) is 4.45. The molecule has 0 N–H and O–H groups in total. The van der Waals surface area contributed by atoms with Gasteiger partial charge in [0.05, 0.1) is 31.1 Å². The Bertz CT molecular complexity index is 1020. The predicted octanol–water partition coefficient (Wildman–Crippen LogP) is 1.98. The van der Waals surface area contributed by atoms with Gasteiger partial charge < -0.3 is 14.0 Å². The zero-order valence-corrected chi connectivity index (χ0v) is 17.8. The summed E-state index contributed by atoms with van der Waals surface area (Å²) in [5, 5.41) is 0. The first-order valence-corrected chi connectivity index (χ1v) is 11.1. The van der Waals surface area contributed by atoms with Crippen LogP contribution in [-0.4, -0.2) is 89.0 Å². The Kier molecular flexibility index (Phi) is 5.97. The highest BCUT2D eigenvalue weighted by Gasteiger charge is 2.24. The van der Waals surface area contributed by atoms with Gasteiger partial charge >= 0.3 is 0 Å². The number of nitrogens with zero attached hydrogens (tertiary/aromatic N) is 5. The molecule has 0 atom stereocenters. The molecular weight excluding hydrogens is 390 g/mol. The summed E-state index contributed by atoms with van der Waals surface area (Å²) in [5.74, 6) is 0.227. The van der Waals surface area contributed by atoms with Crippen LogP contribution in [0.2, 0.25) is 0 Å². The minimum absolute atomic E-state index is 0.227. The largest absolute Gasteiger partial charge is 0.378 e. The molecule has 4 heterocycles. The number of fused-ring (bicyclic) bond motifs is 1. The molecule has 5 rings (SSSR count). The third-order valence-corrected chi connectivity index (χ3v) is 6.24. The van der Waals surface area contributed by atoms with Gasteiger partial charge in [-0.15, -0.1) is 0 Å². The molecule has 0 radical (unpaired) electrons. The molecule has 7 nitrogen and oxygen atoms in total. The van der Waals surface area contributed by atoms with Crippen LogP contribution in [0, 0.1) is 0 Å². The number of benzene rings is 1. The van der Waals surface area contributed by atoms with Crippen molar-refractivity contribution in [2.45, 2.75) is 6.54 Å². The minimum Gasteiger partial charge on any atom is -0.378 e. The molecule has 7 heteroatoms. The summed E-state index contributed by atoms with van der Waals surface area (Å²) in [6.45, 7) is 7.82. The molecule has 2 aliphatic rings. The van der Waals surface area contributed by atoms with Gasteiger partial charge in [-0.05, 0) is 12.1 Å². The third kappa shape index (κ3) is 4.49. The first-order valence-electron chi connectivity index (χ1n) is 11.1. The fraction of sp³-hybridized carbons (Fsp3) is 0.417. The molecule has 2 aromatic heterocycles. The van der Waals surface area contributed by atoms with Crippen LogP contribution in [-0.2, 0) is 16.1 Å². The molecule has 0 unspecified atom stereocenters. The maximum Gasteiger partial charge on any atom is 0.236 e. The van der Waals surface area contributed by atoms with E-state index in [0.717, 1.165) is 62.7 Å². The van der Waals surface area contributed by atoms with Gasteiger partial charge in [0.25, 0.3) is 0 Å². The van der Waals surface area contributed by atoms with Gasteiger partial charge in [-0.2, -0.15) is 0 Å².